The normalized spacial score (nSPS) is 10.6. The van der Waals surface area contributed by atoms with Crippen LogP contribution in [0.3, 0.4) is 0 Å². The number of hydrogen-bond donors (Lipinski definition) is 0. The van der Waals surface area contributed by atoms with Crippen LogP contribution in [-0.2, 0) is 5.60 Å². The minimum atomic E-state index is -1.16. The molecule has 0 aliphatic rings. The van der Waals surface area contributed by atoms with E-state index in [0.717, 1.165) is 11.1 Å². The van der Waals surface area contributed by atoms with Gasteiger partial charge in [-0.2, -0.15) is 0 Å². The van der Waals surface area contributed by atoms with Crippen LogP contribution in [0, 0.1) is 0 Å². The average Bonchev–Trinajstić information content (AvgIpc) is 2.31. The molecular formula is C14H13LiO. The van der Waals surface area contributed by atoms with Crippen LogP contribution in [0.5, 0.6) is 0 Å². The fourth-order valence-corrected chi connectivity index (χ4v) is 1.68. The third-order valence-electron chi connectivity index (χ3n) is 2.65. The van der Waals surface area contributed by atoms with E-state index in [-0.39, 0.29) is 18.9 Å². The van der Waals surface area contributed by atoms with Crippen LogP contribution < -0.4 is 24.0 Å². The molecule has 2 aromatic rings. The maximum atomic E-state index is 12.5. The van der Waals surface area contributed by atoms with Gasteiger partial charge in [-0.05, 0) is 0 Å². The Morgan fingerprint density at radius 2 is 1.06 bits per heavy atom. The van der Waals surface area contributed by atoms with Crippen molar-refractivity contribution in [1.29, 1.82) is 0 Å². The third kappa shape index (κ3) is 2.57. The zero-order valence-corrected chi connectivity index (χ0v) is 9.68. The Morgan fingerprint density at radius 1 is 0.750 bits per heavy atom. The van der Waals surface area contributed by atoms with E-state index in [2.05, 4.69) is 0 Å². The van der Waals surface area contributed by atoms with Crippen molar-refractivity contribution in [2.45, 2.75) is 12.5 Å². The summed E-state index contributed by atoms with van der Waals surface area (Å²) in [7, 11) is 0. The van der Waals surface area contributed by atoms with Crippen LogP contribution in [0.2, 0.25) is 0 Å². The fourth-order valence-electron chi connectivity index (χ4n) is 1.68. The van der Waals surface area contributed by atoms with E-state index in [0.29, 0.717) is 0 Å². The molecule has 2 aromatic carbocycles. The Bertz CT molecular complexity index is 382. The fraction of sp³-hybridized carbons (Fsp3) is 0.143. The van der Waals surface area contributed by atoms with Gasteiger partial charge >= 0.3 is 18.9 Å². The van der Waals surface area contributed by atoms with Crippen molar-refractivity contribution in [3.8, 4) is 0 Å². The molecule has 0 aromatic heterocycles. The Labute approximate surface area is 108 Å². The van der Waals surface area contributed by atoms with E-state index < -0.39 is 5.60 Å². The molecule has 0 saturated carbocycles. The first-order valence-corrected chi connectivity index (χ1v) is 5.03. The summed E-state index contributed by atoms with van der Waals surface area (Å²) in [6.45, 7) is 1.71. The Kier molecular flexibility index (Phi) is 4.38. The van der Waals surface area contributed by atoms with Crippen LogP contribution in [0.15, 0.2) is 60.7 Å². The van der Waals surface area contributed by atoms with Crippen molar-refractivity contribution >= 4 is 0 Å². The van der Waals surface area contributed by atoms with E-state index in [4.69, 9.17) is 0 Å². The molecule has 0 bridgehead atoms. The number of rotatable bonds is 2. The monoisotopic (exact) mass is 204 g/mol. The van der Waals surface area contributed by atoms with Crippen LogP contribution in [0.4, 0.5) is 0 Å². The molecule has 16 heavy (non-hydrogen) atoms. The van der Waals surface area contributed by atoms with Gasteiger partial charge in [0.1, 0.15) is 0 Å². The molecule has 76 valence electrons. The quantitative estimate of drug-likeness (QED) is 0.594. The minimum absolute atomic E-state index is 0. The van der Waals surface area contributed by atoms with Crippen molar-refractivity contribution in [3.05, 3.63) is 71.8 Å². The summed E-state index contributed by atoms with van der Waals surface area (Å²) in [5, 5.41) is 12.5. The van der Waals surface area contributed by atoms with Crippen molar-refractivity contribution in [2.24, 2.45) is 0 Å². The molecule has 0 aliphatic carbocycles. The smallest absolute Gasteiger partial charge is 0.843 e. The molecule has 0 amide bonds. The summed E-state index contributed by atoms with van der Waals surface area (Å²) < 4.78 is 0. The summed E-state index contributed by atoms with van der Waals surface area (Å²) in [4.78, 5) is 0. The second kappa shape index (κ2) is 5.36. The zero-order valence-electron chi connectivity index (χ0n) is 9.68. The molecule has 0 radical (unpaired) electrons. The second-order valence-electron chi connectivity index (χ2n) is 3.77. The van der Waals surface area contributed by atoms with Gasteiger partial charge in [-0.1, -0.05) is 84.3 Å². The number of hydrogen-bond acceptors (Lipinski definition) is 1. The van der Waals surface area contributed by atoms with Gasteiger partial charge < -0.3 is 5.11 Å². The van der Waals surface area contributed by atoms with Gasteiger partial charge in [0.15, 0.2) is 0 Å². The Hall–Kier alpha value is -1.00. The molecule has 0 fully saturated rings. The Balaban J connectivity index is 0.00000128. The SMILES string of the molecule is CC([O-])(c1ccccc1)c1ccccc1.[Li+]. The van der Waals surface area contributed by atoms with Gasteiger partial charge in [0.2, 0.25) is 0 Å². The maximum Gasteiger partial charge on any atom is 1.00 e. The maximum absolute atomic E-state index is 12.5. The standard InChI is InChI=1S/C14H13O.Li/c1-14(15,12-8-4-2-5-9-12)13-10-6-3-7-11-13;/h2-11H,1H3;/q-1;+1. The van der Waals surface area contributed by atoms with Gasteiger partial charge in [-0.25, -0.2) is 0 Å². The van der Waals surface area contributed by atoms with Gasteiger partial charge in [0.25, 0.3) is 0 Å². The zero-order chi connectivity index (χ0) is 10.7. The van der Waals surface area contributed by atoms with E-state index in [1.165, 1.54) is 0 Å². The van der Waals surface area contributed by atoms with Gasteiger partial charge in [-0.3, -0.25) is 0 Å². The number of benzene rings is 2. The minimum Gasteiger partial charge on any atom is -0.843 e. The van der Waals surface area contributed by atoms with Crippen LogP contribution in [0.25, 0.3) is 0 Å². The van der Waals surface area contributed by atoms with E-state index in [1.807, 2.05) is 60.7 Å². The topological polar surface area (TPSA) is 23.1 Å². The summed E-state index contributed by atoms with van der Waals surface area (Å²) in [6, 6.07) is 18.9. The van der Waals surface area contributed by atoms with Crippen molar-refractivity contribution in [1.82, 2.24) is 0 Å². The summed E-state index contributed by atoms with van der Waals surface area (Å²) >= 11 is 0. The van der Waals surface area contributed by atoms with Gasteiger partial charge in [-0.15, -0.1) is 0 Å². The molecule has 0 heterocycles. The van der Waals surface area contributed by atoms with Crippen LogP contribution in [-0.4, -0.2) is 0 Å². The molecule has 2 rings (SSSR count). The first-order valence-electron chi connectivity index (χ1n) is 5.03. The third-order valence-corrected chi connectivity index (χ3v) is 2.65. The molecule has 0 atom stereocenters. The molecule has 0 aliphatic heterocycles. The predicted molar refractivity (Wildman–Crippen MR) is 59.3 cm³/mol. The van der Waals surface area contributed by atoms with E-state index in [1.54, 1.807) is 6.92 Å². The molecule has 1 nitrogen and oxygen atoms in total. The Morgan fingerprint density at radius 3 is 1.38 bits per heavy atom. The van der Waals surface area contributed by atoms with E-state index in [9.17, 15) is 5.11 Å². The van der Waals surface area contributed by atoms with Gasteiger partial charge in [0.05, 0.1) is 0 Å². The summed E-state index contributed by atoms with van der Waals surface area (Å²) in [5.41, 5.74) is 0.440. The first kappa shape index (κ1) is 13.1. The average molecular weight is 204 g/mol. The second-order valence-corrected chi connectivity index (χ2v) is 3.77. The molecule has 0 N–H and O–H groups in total. The first-order chi connectivity index (χ1) is 7.21. The summed E-state index contributed by atoms with van der Waals surface area (Å²) in [6.07, 6.45) is 0. The van der Waals surface area contributed by atoms with E-state index >= 15 is 0 Å². The van der Waals surface area contributed by atoms with Crippen LogP contribution in [0.1, 0.15) is 18.1 Å². The largest absolute Gasteiger partial charge is 1.00 e. The molecule has 2 heteroatoms. The summed E-state index contributed by atoms with van der Waals surface area (Å²) in [5.74, 6) is 0. The predicted octanol–water partition coefficient (Wildman–Crippen LogP) is -0.686. The molecule has 0 unspecified atom stereocenters. The van der Waals surface area contributed by atoms with Gasteiger partial charge in [0, 0.05) is 0 Å². The van der Waals surface area contributed by atoms with Crippen LogP contribution >= 0.6 is 0 Å². The van der Waals surface area contributed by atoms with Crippen molar-refractivity contribution in [2.75, 3.05) is 0 Å². The molecular weight excluding hydrogens is 191 g/mol. The molecule has 0 spiro atoms. The van der Waals surface area contributed by atoms with Crippen molar-refractivity contribution in [3.63, 3.8) is 0 Å². The van der Waals surface area contributed by atoms with Crippen molar-refractivity contribution < 1.29 is 24.0 Å². The molecule has 0 saturated heterocycles.